The highest BCUT2D eigenvalue weighted by Gasteiger charge is 2.13. The molecule has 5 heteroatoms. The highest BCUT2D eigenvalue weighted by Crippen LogP contribution is 2.24. The first-order chi connectivity index (χ1) is 9.76. The molecule has 0 bridgehead atoms. The van der Waals surface area contributed by atoms with Crippen LogP contribution in [-0.4, -0.2) is 17.5 Å². The lowest BCUT2D eigenvalue weighted by Gasteiger charge is -2.11. The fraction of sp³-hybridized carbons (Fsp3) is 0.133. The summed E-state index contributed by atoms with van der Waals surface area (Å²) in [7, 11) is 0. The molecular weight excluding hydrogens is 254 g/mol. The number of anilines is 1. The first-order valence-electron chi connectivity index (χ1n) is 6.13. The molecule has 0 fully saturated rings. The summed E-state index contributed by atoms with van der Waals surface area (Å²) in [6, 6.07) is 10.6. The number of nitrogens with one attached hydrogen (secondary N) is 1. The van der Waals surface area contributed by atoms with Crippen molar-refractivity contribution in [3.05, 3.63) is 53.9 Å². The molecule has 5 nitrogen and oxygen atoms in total. The van der Waals surface area contributed by atoms with Crippen molar-refractivity contribution in [1.29, 1.82) is 5.26 Å². The van der Waals surface area contributed by atoms with Gasteiger partial charge in [-0.3, -0.25) is 9.78 Å². The van der Waals surface area contributed by atoms with Gasteiger partial charge < -0.3 is 10.1 Å². The zero-order valence-corrected chi connectivity index (χ0v) is 11.0. The Balaban J connectivity index is 2.26. The van der Waals surface area contributed by atoms with Crippen molar-refractivity contribution in [2.45, 2.75) is 6.92 Å². The average Bonchev–Trinajstić information content (AvgIpc) is 2.49. The number of hydrogen-bond donors (Lipinski definition) is 1. The minimum atomic E-state index is -0.387. The van der Waals surface area contributed by atoms with Crippen LogP contribution >= 0.6 is 0 Å². The molecule has 0 aliphatic carbocycles. The van der Waals surface area contributed by atoms with Crippen LogP contribution < -0.4 is 10.1 Å². The van der Waals surface area contributed by atoms with Gasteiger partial charge in [0.05, 0.1) is 23.4 Å². The number of aromatic nitrogens is 1. The molecule has 0 saturated carbocycles. The molecule has 1 amide bonds. The number of nitriles is 1. The van der Waals surface area contributed by atoms with E-state index in [4.69, 9.17) is 10.00 Å². The number of hydrogen-bond acceptors (Lipinski definition) is 4. The Kier molecular flexibility index (Phi) is 4.30. The van der Waals surface area contributed by atoms with E-state index in [9.17, 15) is 4.79 Å². The van der Waals surface area contributed by atoms with Gasteiger partial charge in [0, 0.05) is 12.4 Å². The normalized spacial score (nSPS) is 9.60. The van der Waals surface area contributed by atoms with Crippen LogP contribution in [0.2, 0.25) is 0 Å². The Morgan fingerprint density at radius 3 is 2.95 bits per heavy atom. The SMILES string of the molecule is CCOc1ccccc1NC(=O)c1cnccc1C#N. The lowest BCUT2D eigenvalue weighted by Crippen LogP contribution is -2.14. The molecule has 2 aromatic rings. The lowest BCUT2D eigenvalue weighted by molar-refractivity contribution is 0.102. The maximum Gasteiger partial charge on any atom is 0.258 e. The summed E-state index contributed by atoms with van der Waals surface area (Å²) in [5.74, 6) is 0.201. The van der Waals surface area contributed by atoms with Gasteiger partial charge in [0.2, 0.25) is 0 Å². The number of rotatable bonds is 4. The smallest absolute Gasteiger partial charge is 0.258 e. The molecule has 1 N–H and O–H groups in total. The third-order valence-corrected chi connectivity index (χ3v) is 2.62. The molecule has 0 spiro atoms. The second kappa shape index (κ2) is 6.34. The van der Waals surface area contributed by atoms with Crippen LogP contribution in [0.25, 0.3) is 0 Å². The predicted molar refractivity (Wildman–Crippen MR) is 74.5 cm³/mol. The van der Waals surface area contributed by atoms with E-state index in [0.717, 1.165) is 0 Å². The molecule has 0 saturated heterocycles. The first kappa shape index (κ1) is 13.6. The van der Waals surface area contributed by atoms with Crippen LogP contribution in [0.15, 0.2) is 42.7 Å². The summed E-state index contributed by atoms with van der Waals surface area (Å²) in [6.07, 6.45) is 2.85. The number of carbonyl (C=O) groups excluding carboxylic acids is 1. The fourth-order valence-corrected chi connectivity index (χ4v) is 1.71. The molecule has 1 heterocycles. The Morgan fingerprint density at radius 1 is 1.40 bits per heavy atom. The Bertz CT molecular complexity index is 662. The fourth-order valence-electron chi connectivity index (χ4n) is 1.71. The van der Waals surface area contributed by atoms with Crippen molar-refractivity contribution >= 4 is 11.6 Å². The standard InChI is InChI=1S/C15H13N3O2/c1-2-20-14-6-4-3-5-13(14)18-15(19)12-10-17-8-7-11(12)9-16/h3-8,10H,2H2,1H3,(H,18,19). The van der Waals surface area contributed by atoms with E-state index >= 15 is 0 Å². The van der Waals surface area contributed by atoms with E-state index in [-0.39, 0.29) is 17.0 Å². The Morgan fingerprint density at radius 2 is 2.20 bits per heavy atom. The number of amides is 1. The minimum absolute atomic E-state index is 0.237. The molecule has 0 radical (unpaired) electrons. The van der Waals surface area contributed by atoms with Crippen molar-refractivity contribution in [3.8, 4) is 11.8 Å². The van der Waals surface area contributed by atoms with Gasteiger partial charge in [0.1, 0.15) is 11.8 Å². The van der Waals surface area contributed by atoms with E-state index in [1.807, 2.05) is 19.1 Å². The highest BCUT2D eigenvalue weighted by molar-refractivity contribution is 6.06. The van der Waals surface area contributed by atoms with Crippen LogP contribution in [-0.2, 0) is 0 Å². The van der Waals surface area contributed by atoms with Crippen LogP contribution in [0.4, 0.5) is 5.69 Å². The van der Waals surface area contributed by atoms with Crippen LogP contribution in [0.1, 0.15) is 22.8 Å². The van der Waals surface area contributed by atoms with E-state index in [1.165, 1.54) is 18.5 Å². The topological polar surface area (TPSA) is 75.0 Å². The van der Waals surface area contributed by atoms with Crippen molar-refractivity contribution in [3.63, 3.8) is 0 Å². The Labute approximate surface area is 116 Å². The molecule has 1 aromatic heterocycles. The zero-order valence-electron chi connectivity index (χ0n) is 11.0. The van der Waals surface area contributed by atoms with Crippen LogP contribution in [0.5, 0.6) is 5.75 Å². The van der Waals surface area contributed by atoms with Gasteiger partial charge in [-0.1, -0.05) is 12.1 Å². The van der Waals surface area contributed by atoms with E-state index < -0.39 is 0 Å². The molecular formula is C15H13N3O2. The van der Waals surface area contributed by atoms with Gasteiger partial charge >= 0.3 is 0 Å². The molecule has 20 heavy (non-hydrogen) atoms. The molecule has 0 aliphatic rings. The second-order valence-electron chi connectivity index (χ2n) is 3.92. The first-order valence-corrected chi connectivity index (χ1v) is 6.13. The molecule has 2 rings (SSSR count). The van der Waals surface area contributed by atoms with Crippen molar-refractivity contribution in [2.24, 2.45) is 0 Å². The van der Waals surface area contributed by atoms with Gasteiger partial charge in [-0.25, -0.2) is 0 Å². The van der Waals surface area contributed by atoms with Crippen molar-refractivity contribution in [2.75, 3.05) is 11.9 Å². The summed E-state index contributed by atoms with van der Waals surface area (Å²) in [5.41, 5.74) is 1.08. The molecule has 0 aliphatic heterocycles. The van der Waals surface area contributed by atoms with E-state index in [0.29, 0.717) is 18.0 Å². The predicted octanol–water partition coefficient (Wildman–Crippen LogP) is 2.60. The molecule has 100 valence electrons. The minimum Gasteiger partial charge on any atom is -0.492 e. The van der Waals surface area contributed by atoms with Gasteiger partial charge in [-0.05, 0) is 25.1 Å². The number of para-hydroxylation sites is 2. The molecule has 0 atom stereocenters. The van der Waals surface area contributed by atoms with E-state index in [2.05, 4.69) is 10.3 Å². The average molecular weight is 267 g/mol. The summed E-state index contributed by atoms with van der Waals surface area (Å²) in [4.78, 5) is 16.1. The number of nitrogens with zero attached hydrogens (tertiary/aromatic N) is 2. The Hall–Kier alpha value is -2.87. The van der Waals surface area contributed by atoms with Gasteiger partial charge in [-0.2, -0.15) is 5.26 Å². The quantitative estimate of drug-likeness (QED) is 0.923. The van der Waals surface area contributed by atoms with Gasteiger partial charge in [0.25, 0.3) is 5.91 Å². The summed E-state index contributed by atoms with van der Waals surface area (Å²) < 4.78 is 5.43. The number of ether oxygens (including phenoxy) is 1. The van der Waals surface area contributed by atoms with Crippen LogP contribution in [0, 0.1) is 11.3 Å². The van der Waals surface area contributed by atoms with Gasteiger partial charge in [0.15, 0.2) is 0 Å². The highest BCUT2D eigenvalue weighted by atomic mass is 16.5. The third kappa shape index (κ3) is 2.93. The maximum atomic E-state index is 12.2. The maximum absolute atomic E-state index is 12.2. The zero-order chi connectivity index (χ0) is 14.4. The molecule has 0 unspecified atom stereocenters. The largest absolute Gasteiger partial charge is 0.492 e. The van der Waals surface area contributed by atoms with Crippen LogP contribution in [0.3, 0.4) is 0 Å². The summed E-state index contributed by atoms with van der Waals surface area (Å²) >= 11 is 0. The molecule has 1 aromatic carbocycles. The van der Waals surface area contributed by atoms with E-state index in [1.54, 1.807) is 18.2 Å². The summed E-state index contributed by atoms with van der Waals surface area (Å²) in [5, 5.41) is 11.7. The summed E-state index contributed by atoms with van der Waals surface area (Å²) in [6.45, 7) is 2.37. The lowest BCUT2D eigenvalue weighted by atomic mass is 10.1. The third-order valence-electron chi connectivity index (χ3n) is 2.62. The monoisotopic (exact) mass is 267 g/mol. The second-order valence-corrected chi connectivity index (χ2v) is 3.92. The van der Waals surface area contributed by atoms with Crippen molar-refractivity contribution < 1.29 is 9.53 Å². The number of carbonyl (C=O) groups is 1. The van der Waals surface area contributed by atoms with Gasteiger partial charge in [-0.15, -0.1) is 0 Å². The number of pyridine rings is 1. The van der Waals surface area contributed by atoms with Crippen molar-refractivity contribution in [1.82, 2.24) is 4.98 Å². The number of benzene rings is 1.